The van der Waals surface area contributed by atoms with Gasteiger partial charge in [-0.15, -0.1) is 0 Å². The highest BCUT2D eigenvalue weighted by molar-refractivity contribution is 9.10. The molecule has 0 unspecified atom stereocenters. The molecule has 4 heteroatoms. The summed E-state index contributed by atoms with van der Waals surface area (Å²) in [4.78, 5) is 10.8. The van der Waals surface area contributed by atoms with Gasteiger partial charge in [-0.1, -0.05) is 6.07 Å². The largest absolute Gasteiger partial charge is 0.495 e. The lowest BCUT2D eigenvalue weighted by Crippen LogP contribution is -2.09. The molecule has 17 heavy (non-hydrogen) atoms. The monoisotopic (exact) mass is 298 g/mol. The van der Waals surface area contributed by atoms with Crippen molar-refractivity contribution in [2.45, 2.75) is 32.1 Å². The van der Waals surface area contributed by atoms with Gasteiger partial charge in [0, 0.05) is 5.56 Å². The second-order valence-electron chi connectivity index (χ2n) is 4.30. The average molecular weight is 299 g/mol. The van der Waals surface area contributed by atoms with Gasteiger partial charge in [-0.05, 0) is 52.7 Å². The van der Waals surface area contributed by atoms with Crippen LogP contribution < -0.4 is 4.74 Å². The van der Waals surface area contributed by atoms with E-state index in [4.69, 9.17) is 9.84 Å². The van der Waals surface area contributed by atoms with Crippen molar-refractivity contribution in [3.8, 4) is 5.75 Å². The maximum absolute atomic E-state index is 10.8. The van der Waals surface area contributed by atoms with E-state index >= 15 is 0 Å². The number of carboxylic acids is 1. The van der Waals surface area contributed by atoms with E-state index in [-0.39, 0.29) is 6.42 Å². The van der Waals surface area contributed by atoms with Gasteiger partial charge >= 0.3 is 5.97 Å². The fraction of sp³-hybridized carbons (Fsp3) is 0.462. The summed E-state index contributed by atoms with van der Waals surface area (Å²) in [7, 11) is 1.58. The van der Waals surface area contributed by atoms with Gasteiger partial charge in [-0.25, -0.2) is 0 Å². The van der Waals surface area contributed by atoms with Gasteiger partial charge in [0.15, 0.2) is 0 Å². The summed E-state index contributed by atoms with van der Waals surface area (Å²) in [5, 5.41) is 8.91. The molecule has 0 aromatic heterocycles. The number of hydrogen-bond acceptors (Lipinski definition) is 2. The Labute approximate surface area is 109 Å². The molecule has 1 aliphatic carbocycles. The van der Waals surface area contributed by atoms with Crippen LogP contribution in [0, 0.1) is 0 Å². The smallest absolute Gasteiger partial charge is 0.307 e. The second-order valence-corrected chi connectivity index (χ2v) is 5.09. The summed E-state index contributed by atoms with van der Waals surface area (Å²) in [6.07, 6.45) is 4.45. The van der Waals surface area contributed by atoms with E-state index in [0.29, 0.717) is 5.75 Å². The molecule has 0 saturated carbocycles. The minimum atomic E-state index is -0.828. The van der Waals surface area contributed by atoms with Crippen molar-refractivity contribution < 1.29 is 14.6 Å². The number of methoxy groups -OCH3 is 1. The van der Waals surface area contributed by atoms with E-state index in [2.05, 4.69) is 15.9 Å². The molecule has 1 aromatic rings. The fourth-order valence-corrected chi connectivity index (χ4v) is 3.28. The topological polar surface area (TPSA) is 46.5 Å². The van der Waals surface area contributed by atoms with Crippen LogP contribution in [-0.4, -0.2) is 18.2 Å². The Balaban J connectivity index is 2.51. The zero-order valence-electron chi connectivity index (χ0n) is 9.75. The van der Waals surface area contributed by atoms with Crippen molar-refractivity contribution in [1.82, 2.24) is 0 Å². The molecule has 1 aliphatic rings. The maximum atomic E-state index is 10.8. The molecule has 2 rings (SSSR count). The molecular weight excluding hydrogens is 284 g/mol. The number of carboxylic acid groups (broad SMARTS) is 1. The molecule has 92 valence electrons. The van der Waals surface area contributed by atoms with Crippen LogP contribution in [0.2, 0.25) is 0 Å². The molecule has 1 aromatic carbocycles. The first-order chi connectivity index (χ1) is 8.13. The molecule has 0 bridgehead atoms. The van der Waals surface area contributed by atoms with Crippen molar-refractivity contribution in [3.63, 3.8) is 0 Å². The van der Waals surface area contributed by atoms with E-state index in [1.165, 1.54) is 24.0 Å². The van der Waals surface area contributed by atoms with E-state index in [0.717, 1.165) is 22.9 Å². The lowest BCUT2D eigenvalue weighted by molar-refractivity contribution is -0.136. The Hall–Kier alpha value is -1.03. The Morgan fingerprint density at radius 2 is 2.18 bits per heavy atom. The van der Waals surface area contributed by atoms with Gasteiger partial charge in [0.25, 0.3) is 0 Å². The first kappa shape index (κ1) is 12.4. The molecule has 0 radical (unpaired) electrons. The Morgan fingerprint density at radius 1 is 1.47 bits per heavy atom. The Kier molecular flexibility index (Phi) is 3.72. The lowest BCUT2D eigenvalue weighted by Gasteiger charge is -2.21. The van der Waals surface area contributed by atoms with Gasteiger partial charge in [-0.3, -0.25) is 4.79 Å². The quantitative estimate of drug-likeness (QED) is 0.933. The molecule has 0 saturated heterocycles. The molecule has 0 spiro atoms. The summed E-state index contributed by atoms with van der Waals surface area (Å²) in [6, 6.07) is 1.99. The summed E-state index contributed by atoms with van der Waals surface area (Å²) in [6.45, 7) is 0. The summed E-state index contributed by atoms with van der Waals surface area (Å²) >= 11 is 3.55. The third-order valence-electron chi connectivity index (χ3n) is 3.16. The zero-order chi connectivity index (χ0) is 12.4. The maximum Gasteiger partial charge on any atom is 0.307 e. The molecule has 0 heterocycles. The van der Waals surface area contributed by atoms with Crippen molar-refractivity contribution in [3.05, 3.63) is 27.2 Å². The van der Waals surface area contributed by atoms with Crippen molar-refractivity contribution in [2.75, 3.05) is 7.11 Å². The number of aliphatic carboxylic acids is 1. The Morgan fingerprint density at radius 3 is 2.82 bits per heavy atom. The summed E-state index contributed by atoms with van der Waals surface area (Å²) in [5.41, 5.74) is 3.30. The number of hydrogen-bond donors (Lipinski definition) is 1. The normalized spacial score (nSPS) is 14.2. The molecule has 0 aliphatic heterocycles. The number of halogens is 1. The average Bonchev–Trinajstić information content (AvgIpc) is 2.29. The zero-order valence-corrected chi connectivity index (χ0v) is 11.3. The number of benzene rings is 1. The predicted octanol–water partition coefficient (Wildman–Crippen LogP) is 2.96. The van der Waals surface area contributed by atoms with Crippen LogP contribution in [0.4, 0.5) is 0 Å². The van der Waals surface area contributed by atoms with Crippen LogP contribution >= 0.6 is 15.9 Å². The van der Waals surface area contributed by atoms with Crippen LogP contribution in [0.15, 0.2) is 10.5 Å². The highest BCUT2D eigenvalue weighted by atomic mass is 79.9. The van der Waals surface area contributed by atoms with Crippen molar-refractivity contribution >= 4 is 21.9 Å². The molecule has 1 N–H and O–H groups in total. The third-order valence-corrected chi connectivity index (χ3v) is 4.00. The number of ether oxygens (including phenoxy) is 1. The molecule has 0 atom stereocenters. The van der Waals surface area contributed by atoms with Crippen molar-refractivity contribution in [2.24, 2.45) is 0 Å². The van der Waals surface area contributed by atoms with Gasteiger partial charge in [-0.2, -0.15) is 0 Å². The molecular formula is C13H15BrO3. The standard InChI is InChI=1S/C13H15BrO3/c1-17-13-9(7-11(15)16)6-8-4-2-3-5-10(8)12(13)14/h6H,2-5,7H2,1H3,(H,15,16). The van der Waals surface area contributed by atoms with Crippen molar-refractivity contribution in [1.29, 1.82) is 0 Å². The van der Waals surface area contributed by atoms with Crippen LogP contribution in [0.3, 0.4) is 0 Å². The van der Waals surface area contributed by atoms with E-state index in [9.17, 15) is 4.79 Å². The number of carbonyl (C=O) groups is 1. The Bertz CT molecular complexity index is 454. The molecule has 0 amide bonds. The summed E-state index contributed by atoms with van der Waals surface area (Å²) in [5.74, 6) is -0.154. The van der Waals surface area contributed by atoms with E-state index in [1.54, 1.807) is 7.11 Å². The van der Waals surface area contributed by atoms with Gasteiger partial charge < -0.3 is 9.84 Å². The van der Waals surface area contributed by atoms with Gasteiger partial charge in [0.1, 0.15) is 5.75 Å². The van der Waals surface area contributed by atoms with Crippen LogP contribution in [0.5, 0.6) is 5.75 Å². The fourth-order valence-electron chi connectivity index (χ4n) is 2.41. The summed E-state index contributed by atoms with van der Waals surface area (Å²) < 4.78 is 6.27. The minimum Gasteiger partial charge on any atom is -0.495 e. The predicted molar refractivity (Wildman–Crippen MR) is 68.7 cm³/mol. The number of aryl methyl sites for hydroxylation is 1. The first-order valence-corrected chi connectivity index (χ1v) is 6.51. The minimum absolute atomic E-state index is 0.00898. The third kappa shape index (κ3) is 2.46. The molecule has 0 fully saturated rings. The SMILES string of the molecule is COc1c(CC(=O)O)cc2c(c1Br)CCCC2. The highest BCUT2D eigenvalue weighted by Crippen LogP contribution is 2.38. The van der Waals surface area contributed by atoms with E-state index < -0.39 is 5.97 Å². The van der Waals surface area contributed by atoms with Gasteiger partial charge in [0.2, 0.25) is 0 Å². The number of rotatable bonds is 3. The van der Waals surface area contributed by atoms with Crippen LogP contribution in [0.25, 0.3) is 0 Å². The lowest BCUT2D eigenvalue weighted by atomic mass is 9.89. The molecule has 3 nitrogen and oxygen atoms in total. The van der Waals surface area contributed by atoms with Gasteiger partial charge in [0.05, 0.1) is 18.0 Å². The van der Waals surface area contributed by atoms with Crippen LogP contribution in [-0.2, 0) is 24.1 Å². The number of fused-ring (bicyclic) bond motifs is 1. The first-order valence-electron chi connectivity index (χ1n) is 5.72. The second kappa shape index (κ2) is 5.08. The highest BCUT2D eigenvalue weighted by Gasteiger charge is 2.20. The van der Waals surface area contributed by atoms with E-state index in [1.807, 2.05) is 6.07 Å². The van der Waals surface area contributed by atoms with Crippen LogP contribution in [0.1, 0.15) is 29.5 Å².